The minimum Gasteiger partial charge on any atom is -0.490 e. The van der Waals surface area contributed by atoms with E-state index in [4.69, 9.17) is 14.2 Å². The van der Waals surface area contributed by atoms with Gasteiger partial charge in [0.1, 0.15) is 24.1 Å². The van der Waals surface area contributed by atoms with Crippen molar-refractivity contribution in [2.75, 3.05) is 19.0 Å². The van der Waals surface area contributed by atoms with Crippen LogP contribution in [0.3, 0.4) is 0 Å². The fourth-order valence-corrected chi connectivity index (χ4v) is 3.13. The van der Waals surface area contributed by atoms with E-state index in [-0.39, 0.29) is 29.2 Å². The molecular weight excluding hydrogens is 451 g/mol. The van der Waals surface area contributed by atoms with Gasteiger partial charge >= 0.3 is 5.97 Å². The van der Waals surface area contributed by atoms with Crippen molar-refractivity contribution in [3.05, 3.63) is 94.8 Å². The summed E-state index contributed by atoms with van der Waals surface area (Å²) in [5.74, 6) is -0.731. The molecule has 8 heteroatoms. The molecule has 0 saturated heterocycles. The van der Waals surface area contributed by atoms with Crippen LogP contribution >= 0.6 is 0 Å². The largest absolute Gasteiger partial charge is 0.490 e. The summed E-state index contributed by atoms with van der Waals surface area (Å²) in [5.41, 5.74) is 1.54. The number of nitrogens with zero attached hydrogens (tertiary/aromatic N) is 1. The van der Waals surface area contributed by atoms with Gasteiger partial charge in [-0.1, -0.05) is 30.3 Å². The molecule has 35 heavy (non-hydrogen) atoms. The minimum atomic E-state index is -0.682. The molecule has 178 valence electrons. The second kappa shape index (κ2) is 12.0. The van der Waals surface area contributed by atoms with E-state index in [9.17, 15) is 19.2 Å². The number of esters is 1. The van der Waals surface area contributed by atoms with Gasteiger partial charge in [-0.2, -0.15) is 5.26 Å². The number of amides is 1. The van der Waals surface area contributed by atoms with E-state index in [2.05, 4.69) is 5.32 Å². The monoisotopic (exact) mass is 474 g/mol. The number of ether oxygens (including phenoxy) is 3. The Bertz CT molecular complexity index is 1280. The smallest absolute Gasteiger partial charge is 0.339 e. The number of para-hydroxylation sites is 1. The van der Waals surface area contributed by atoms with Gasteiger partial charge in [0.15, 0.2) is 11.5 Å². The van der Waals surface area contributed by atoms with Crippen molar-refractivity contribution >= 4 is 23.6 Å². The van der Waals surface area contributed by atoms with Crippen molar-refractivity contribution in [1.29, 1.82) is 5.26 Å². The standard InChI is InChI=1S/C27H23FN2O5/c1-3-34-25-15-19(10-13-24(25)35-17-18-8-11-21(28)12-9-18)14-20(16-29)26(31)30-23-7-5-4-6-22(23)27(32)33-2/h4-15H,3,17H2,1-2H3,(H,30,31)/b20-14+. The molecule has 3 rings (SSSR count). The SMILES string of the molecule is CCOc1cc(/C=C(\C#N)C(=O)Nc2ccccc2C(=O)OC)ccc1OCc1ccc(F)cc1. The molecule has 0 spiro atoms. The van der Waals surface area contributed by atoms with E-state index in [1.165, 1.54) is 31.4 Å². The number of halogens is 1. The number of anilines is 1. The van der Waals surface area contributed by atoms with E-state index < -0.39 is 11.9 Å². The first-order valence-electron chi connectivity index (χ1n) is 10.7. The van der Waals surface area contributed by atoms with Gasteiger partial charge in [0.05, 0.1) is 25.0 Å². The Labute approximate surface area is 202 Å². The average molecular weight is 474 g/mol. The second-order valence-electron chi connectivity index (χ2n) is 7.22. The van der Waals surface area contributed by atoms with Crippen molar-refractivity contribution in [2.45, 2.75) is 13.5 Å². The second-order valence-corrected chi connectivity index (χ2v) is 7.22. The summed E-state index contributed by atoms with van der Waals surface area (Å²) in [6, 6.07) is 19.2. The fraction of sp³-hybridized carbons (Fsp3) is 0.148. The lowest BCUT2D eigenvalue weighted by molar-refractivity contribution is -0.112. The molecule has 0 aliphatic carbocycles. The van der Waals surface area contributed by atoms with Gasteiger partial charge in [-0.3, -0.25) is 4.79 Å². The van der Waals surface area contributed by atoms with Crippen LogP contribution in [0.1, 0.15) is 28.4 Å². The van der Waals surface area contributed by atoms with E-state index in [1.54, 1.807) is 48.5 Å². The molecule has 0 aliphatic rings. The van der Waals surface area contributed by atoms with Crippen LogP contribution in [0.2, 0.25) is 0 Å². The predicted octanol–water partition coefficient (Wildman–Crippen LogP) is 5.14. The number of nitriles is 1. The maximum Gasteiger partial charge on any atom is 0.339 e. The lowest BCUT2D eigenvalue weighted by Crippen LogP contribution is -2.16. The van der Waals surface area contributed by atoms with Gasteiger partial charge in [-0.05, 0) is 60.5 Å². The van der Waals surface area contributed by atoms with Gasteiger partial charge in [-0.15, -0.1) is 0 Å². The number of hydrogen-bond donors (Lipinski definition) is 1. The zero-order chi connectivity index (χ0) is 25.2. The minimum absolute atomic E-state index is 0.168. The first-order chi connectivity index (χ1) is 16.9. The molecule has 1 N–H and O–H groups in total. The van der Waals surface area contributed by atoms with Crippen molar-refractivity contribution in [2.24, 2.45) is 0 Å². The molecule has 3 aromatic carbocycles. The van der Waals surface area contributed by atoms with E-state index in [0.29, 0.717) is 23.7 Å². The number of carbonyl (C=O) groups is 2. The molecule has 0 fully saturated rings. The summed E-state index contributed by atoms with van der Waals surface area (Å²) >= 11 is 0. The molecule has 7 nitrogen and oxygen atoms in total. The average Bonchev–Trinajstić information content (AvgIpc) is 2.87. The van der Waals surface area contributed by atoms with Gasteiger partial charge in [-0.25, -0.2) is 9.18 Å². The highest BCUT2D eigenvalue weighted by Gasteiger charge is 2.16. The first kappa shape index (κ1) is 25.0. The fourth-order valence-electron chi connectivity index (χ4n) is 3.13. The van der Waals surface area contributed by atoms with Crippen LogP contribution in [-0.2, 0) is 16.1 Å². The van der Waals surface area contributed by atoms with Gasteiger partial charge < -0.3 is 19.5 Å². The highest BCUT2D eigenvalue weighted by Crippen LogP contribution is 2.30. The van der Waals surface area contributed by atoms with E-state index in [0.717, 1.165) is 5.56 Å². The van der Waals surface area contributed by atoms with E-state index >= 15 is 0 Å². The molecule has 0 radical (unpaired) electrons. The molecule has 0 aromatic heterocycles. The van der Waals surface area contributed by atoms with Crippen LogP contribution < -0.4 is 14.8 Å². The van der Waals surface area contributed by atoms with E-state index in [1.807, 2.05) is 13.0 Å². The van der Waals surface area contributed by atoms with Gasteiger partial charge in [0, 0.05) is 0 Å². The van der Waals surface area contributed by atoms with Crippen LogP contribution in [0.25, 0.3) is 6.08 Å². The zero-order valence-corrected chi connectivity index (χ0v) is 19.2. The summed E-state index contributed by atoms with van der Waals surface area (Å²) in [5, 5.41) is 12.1. The Kier molecular flexibility index (Phi) is 8.57. The van der Waals surface area contributed by atoms with Crippen molar-refractivity contribution in [1.82, 2.24) is 0 Å². The lowest BCUT2D eigenvalue weighted by Gasteiger charge is -2.13. The maximum atomic E-state index is 13.1. The van der Waals surface area contributed by atoms with Crippen LogP contribution in [0.15, 0.2) is 72.3 Å². The van der Waals surface area contributed by atoms with Crippen molar-refractivity contribution in [3.8, 4) is 17.6 Å². The van der Waals surface area contributed by atoms with Crippen LogP contribution in [0.4, 0.5) is 10.1 Å². The quantitative estimate of drug-likeness (QED) is 0.262. The molecule has 0 heterocycles. The molecule has 1 amide bonds. The molecular formula is C27H23FN2O5. The first-order valence-corrected chi connectivity index (χ1v) is 10.7. The van der Waals surface area contributed by atoms with Gasteiger partial charge in [0.2, 0.25) is 0 Å². The Balaban J connectivity index is 1.80. The number of methoxy groups -OCH3 is 1. The zero-order valence-electron chi connectivity index (χ0n) is 19.2. The summed E-state index contributed by atoms with van der Waals surface area (Å²) < 4.78 is 29.3. The van der Waals surface area contributed by atoms with Crippen LogP contribution in [0.5, 0.6) is 11.5 Å². The maximum absolute atomic E-state index is 13.1. The number of benzene rings is 3. The van der Waals surface area contributed by atoms with Gasteiger partial charge in [0.25, 0.3) is 5.91 Å². The number of nitrogens with one attached hydrogen (secondary N) is 1. The summed E-state index contributed by atoms with van der Waals surface area (Å²) in [7, 11) is 1.24. The van der Waals surface area contributed by atoms with Crippen LogP contribution in [0, 0.1) is 17.1 Å². The van der Waals surface area contributed by atoms with Crippen LogP contribution in [-0.4, -0.2) is 25.6 Å². The summed E-state index contributed by atoms with van der Waals surface area (Å²) in [6.07, 6.45) is 1.41. The number of carbonyl (C=O) groups excluding carboxylic acids is 2. The molecule has 0 aliphatic heterocycles. The Hall–Kier alpha value is -4.64. The third-order valence-corrected chi connectivity index (χ3v) is 4.83. The number of hydrogen-bond acceptors (Lipinski definition) is 6. The molecule has 0 saturated carbocycles. The Morgan fingerprint density at radius 3 is 2.46 bits per heavy atom. The Morgan fingerprint density at radius 1 is 1.03 bits per heavy atom. The molecule has 0 unspecified atom stereocenters. The molecule has 3 aromatic rings. The molecule has 0 bridgehead atoms. The lowest BCUT2D eigenvalue weighted by atomic mass is 10.1. The highest BCUT2D eigenvalue weighted by molar-refractivity contribution is 6.12. The summed E-state index contributed by atoms with van der Waals surface area (Å²) in [6.45, 7) is 2.40. The van der Waals surface area contributed by atoms with Crippen molar-refractivity contribution < 1.29 is 28.2 Å². The normalized spacial score (nSPS) is 10.7. The van der Waals surface area contributed by atoms with Crippen molar-refractivity contribution in [3.63, 3.8) is 0 Å². The highest BCUT2D eigenvalue weighted by atomic mass is 19.1. The predicted molar refractivity (Wildman–Crippen MR) is 128 cm³/mol. The third-order valence-electron chi connectivity index (χ3n) is 4.83. The summed E-state index contributed by atoms with van der Waals surface area (Å²) in [4.78, 5) is 24.7. The topological polar surface area (TPSA) is 97.7 Å². The Morgan fingerprint density at radius 2 is 1.77 bits per heavy atom. The third kappa shape index (κ3) is 6.68. The number of rotatable bonds is 9. The molecule has 0 atom stereocenters.